The van der Waals surface area contributed by atoms with Gasteiger partial charge in [0.25, 0.3) is 0 Å². The Morgan fingerprint density at radius 1 is 1.21 bits per heavy atom. The van der Waals surface area contributed by atoms with Gasteiger partial charge in [0.15, 0.2) is 28.9 Å². The van der Waals surface area contributed by atoms with Gasteiger partial charge < -0.3 is 20.3 Å². The average molecular weight is 405 g/mol. The van der Waals surface area contributed by atoms with E-state index in [0.29, 0.717) is 23.5 Å². The molecule has 3 N–H and O–H groups in total. The molecule has 8 nitrogen and oxygen atoms in total. The van der Waals surface area contributed by atoms with Crippen molar-refractivity contribution in [1.82, 2.24) is 19.5 Å². The van der Waals surface area contributed by atoms with Gasteiger partial charge in [0.2, 0.25) is 0 Å². The minimum absolute atomic E-state index is 0.310. The van der Waals surface area contributed by atoms with Crippen molar-refractivity contribution in [3.05, 3.63) is 48.3 Å². The minimum atomic E-state index is -2.21. The molecule has 0 bridgehead atoms. The zero-order valence-electron chi connectivity index (χ0n) is 15.9. The summed E-state index contributed by atoms with van der Waals surface area (Å²) in [5.74, 6) is 0.0990. The second-order valence-electron chi connectivity index (χ2n) is 7.41. The largest absolute Gasteiger partial charge is 0.394 e. The maximum Gasteiger partial charge on any atom is 0.183 e. The Balaban J connectivity index is 1.65. The van der Waals surface area contributed by atoms with Gasteiger partial charge in [-0.05, 0) is 31.5 Å². The molecule has 0 radical (unpaired) electrons. The number of aromatic nitrogens is 4. The van der Waals surface area contributed by atoms with E-state index >= 15 is 4.39 Å². The van der Waals surface area contributed by atoms with E-state index in [1.54, 1.807) is 12.1 Å². The molecule has 0 unspecified atom stereocenters. The highest BCUT2D eigenvalue weighted by molar-refractivity contribution is 5.82. The first-order valence-electron chi connectivity index (χ1n) is 9.09. The Labute approximate surface area is 165 Å². The fourth-order valence-electron chi connectivity index (χ4n) is 3.47. The summed E-state index contributed by atoms with van der Waals surface area (Å²) in [5.41, 5.74) is -2.57. The van der Waals surface area contributed by atoms with Crippen LogP contribution in [0.2, 0.25) is 0 Å². The first kappa shape index (κ1) is 19.6. The van der Waals surface area contributed by atoms with Crippen molar-refractivity contribution in [2.24, 2.45) is 0 Å². The molecular weight excluding hydrogens is 384 g/mol. The van der Waals surface area contributed by atoms with Gasteiger partial charge in [-0.3, -0.25) is 4.57 Å². The van der Waals surface area contributed by atoms with E-state index in [9.17, 15) is 14.6 Å². The van der Waals surface area contributed by atoms with Gasteiger partial charge >= 0.3 is 0 Å². The third kappa shape index (κ3) is 3.13. The number of rotatable bonds is 5. The number of imidazole rings is 1. The van der Waals surface area contributed by atoms with Crippen molar-refractivity contribution in [1.29, 1.82) is 0 Å². The maximum atomic E-state index is 15.5. The number of aliphatic hydroxyl groups excluding tert-OH is 1. The lowest BCUT2D eigenvalue weighted by atomic mass is 9.85. The molecule has 0 saturated carbocycles. The van der Waals surface area contributed by atoms with E-state index in [1.165, 1.54) is 43.2 Å². The zero-order chi connectivity index (χ0) is 20.8. The van der Waals surface area contributed by atoms with Crippen LogP contribution in [0.4, 0.5) is 14.6 Å². The number of nitrogens with zero attached hydrogens (tertiary/aromatic N) is 4. The number of aliphatic hydroxyl groups is 2. The van der Waals surface area contributed by atoms with Crippen LogP contribution in [0.15, 0.2) is 36.9 Å². The number of nitrogens with one attached hydrogen (secondary N) is 1. The van der Waals surface area contributed by atoms with Crippen LogP contribution in [0.3, 0.4) is 0 Å². The first-order chi connectivity index (χ1) is 13.8. The number of alkyl halides is 1. The van der Waals surface area contributed by atoms with Gasteiger partial charge in [-0.15, -0.1) is 0 Å². The summed E-state index contributed by atoms with van der Waals surface area (Å²) >= 11 is 0. The lowest BCUT2D eigenvalue weighted by Gasteiger charge is -2.32. The normalized spacial score (nSPS) is 29.4. The Morgan fingerprint density at radius 3 is 2.59 bits per heavy atom. The lowest BCUT2D eigenvalue weighted by Crippen LogP contribution is -2.51. The topological polar surface area (TPSA) is 105 Å². The van der Waals surface area contributed by atoms with Crippen LogP contribution in [-0.4, -0.2) is 53.7 Å². The van der Waals surface area contributed by atoms with E-state index in [-0.39, 0.29) is 5.82 Å². The molecule has 1 aromatic carbocycles. The van der Waals surface area contributed by atoms with Crippen molar-refractivity contribution in [3.8, 4) is 0 Å². The fourth-order valence-corrected chi connectivity index (χ4v) is 3.47. The molecule has 1 saturated heterocycles. The molecule has 1 fully saturated rings. The maximum absolute atomic E-state index is 15.5. The van der Waals surface area contributed by atoms with Crippen LogP contribution in [0, 0.1) is 5.82 Å². The fraction of sp³-hybridized carbons (Fsp3) is 0.421. The van der Waals surface area contributed by atoms with Gasteiger partial charge in [0.1, 0.15) is 23.8 Å². The summed E-state index contributed by atoms with van der Waals surface area (Å²) in [6.07, 6.45) is 0.331. The Morgan fingerprint density at radius 2 is 1.93 bits per heavy atom. The Hall–Kier alpha value is -2.69. The number of hydrogen-bond acceptors (Lipinski definition) is 7. The zero-order valence-corrected chi connectivity index (χ0v) is 15.9. The molecule has 3 heterocycles. The molecule has 1 aliphatic heterocycles. The predicted octanol–water partition coefficient (Wildman–Crippen LogP) is 1.95. The van der Waals surface area contributed by atoms with E-state index in [4.69, 9.17) is 4.74 Å². The SMILES string of the molecule is C[C@]1(O)[C@@H](CO)O[C@H](n2cnc3c(NCc4ccc(F)cc4)ncnc32)[C@]1(C)F. The van der Waals surface area contributed by atoms with Crippen LogP contribution < -0.4 is 5.32 Å². The average Bonchev–Trinajstić information content (AvgIpc) is 3.18. The quantitative estimate of drug-likeness (QED) is 0.596. The molecule has 0 aliphatic carbocycles. The molecule has 2 aromatic heterocycles. The highest BCUT2D eigenvalue weighted by atomic mass is 19.1. The highest BCUT2D eigenvalue weighted by Crippen LogP contribution is 2.48. The summed E-state index contributed by atoms with van der Waals surface area (Å²) in [4.78, 5) is 12.6. The molecule has 3 aromatic rings. The van der Waals surface area contributed by atoms with Gasteiger partial charge in [0, 0.05) is 6.54 Å². The number of halogens is 2. The summed E-state index contributed by atoms with van der Waals surface area (Å²) in [6.45, 7) is 2.35. The standard InChI is InChI=1S/C19H21F2N5O3/c1-18(21)17(29-13(8-27)19(18,2)28)26-10-25-14-15(23-9-24-16(14)26)22-7-11-3-5-12(20)6-4-11/h3-6,9-10,13,17,27-28H,7-8H2,1-2H3,(H,22,23,24)/t13-,17+,18+,19+/m1/s1. The first-order valence-corrected chi connectivity index (χ1v) is 9.09. The van der Waals surface area contributed by atoms with Crippen molar-refractivity contribution in [3.63, 3.8) is 0 Å². The van der Waals surface area contributed by atoms with Crippen molar-refractivity contribution in [2.45, 2.75) is 44.0 Å². The molecule has 0 amide bonds. The van der Waals surface area contributed by atoms with E-state index < -0.39 is 30.2 Å². The van der Waals surface area contributed by atoms with Gasteiger partial charge in [-0.1, -0.05) is 12.1 Å². The smallest absolute Gasteiger partial charge is 0.183 e. The van der Waals surface area contributed by atoms with E-state index in [1.807, 2.05) is 0 Å². The molecule has 4 rings (SSSR count). The minimum Gasteiger partial charge on any atom is -0.394 e. The predicted molar refractivity (Wildman–Crippen MR) is 100 cm³/mol. The second kappa shape index (κ2) is 6.97. The van der Waals surface area contributed by atoms with E-state index in [2.05, 4.69) is 20.3 Å². The lowest BCUT2D eigenvalue weighted by molar-refractivity contribution is -0.0891. The van der Waals surface area contributed by atoms with Crippen molar-refractivity contribution >= 4 is 17.0 Å². The molecule has 10 heteroatoms. The van der Waals surface area contributed by atoms with Crippen LogP contribution in [0.1, 0.15) is 25.6 Å². The number of benzene rings is 1. The third-order valence-corrected chi connectivity index (χ3v) is 5.52. The molecule has 29 heavy (non-hydrogen) atoms. The summed E-state index contributed by atoms with van der Waals surface area (Å²) in [5, 5.41) is 23.1. The molecular formula is C19H21F2N5O3. The van der Waals surface area contributed by atoms with Crippen LogP contribution in [0.5, 0.6) is 0 Å². The third-order valence-electron chi connectivity index (χ3n) is 5.52. The molecule has 4 atom stereocenters. The van der Waals surface area contributed by atoms with Crippen LogP contribution in [-0.2, 0) is 11.3 Å². The summed E-state index contributed by atoms with van der Waals surface area (Å²) in [7, 11) is 0. The monoisotopic (exact) mass is 405 g/mol. The van der Waals surface area contributed by atoms with Crippen molar-refractivity contribution < 1.29 is 23.7 Å². The summed E-state index contributed by atoms with van der Waals surface area (Å²) < 4.78 is 35.5. The number of hydrogen-bond donors (Lipinski definition) is 3. The van der Waals surface area contributed by atoms with Gasteiger partial charge in [-0.25, -0.2) is 23.7 Å². The Bertz CT molecular complexity index is 1020. The molecule has 0 spiro atoms. The highest BCUT2D eigenvalue weighted by Gasteiger charge is 2.63. The van der Waals surface area contributed by atoms with Gasteiger partial charge in [-0.2, -0.15) is 0 Å². The van der Waals surface area contributed by atoms with E-state index in [0.717, 1.165) is 5.56 Å². The number of anilines is 1. The number of fused-ring (bicyclic) bond motifs is 1. The molecule has 1 aliphatic rings. The van der Waals surface area contributed by atoms with Crippen LogP contribution >= 0.6 is 0 Å². The van der Waals surface area contributed by atoms with Crippen molar-refractivity contribution in [2.75, 3.05) is 11.9 Å². The summed E-state index contributed by atoms with van der Waals surface area (Å²) in [6, 6.07) is 6.03. The number of ether oxygens (including phenoxy) is 1. The Kier molecular flexibility index (Phi) is 4.72. The van der Waals surface area contributed by atoms with Crippen LogP contribution in [0.25, 0.3) is 11.2 Å². The second-order valence-corrected chi connectivity index (χ2v) is 7.41. The molecule has 154 valence electrons. The van der Waals surface area contributed by atoms with Gasteiger partial charge in [0.05, 0.1) is 12.9 Å².